The van der Waals surface area contributed by atoms with Gasteiger partial charge in [0.15, 0.2) is 0 Å². The first-order chi connectivity index (χ1) is 3.68. The summed E-state index contributed by atoms with van der Waals surface area (Å²) in [5, 5.41) is 0. The highest BCUT2D eigenvalue weighted by Crippen LogP contribution is 2.02. The van der Waals surface area contributed by atoms with Crippen molar-refractivity contribution in [2.45, 2.75) is 32.9 Å². The average Bonchev–Trinajstić information content (AvgIpc) is 1.67. The zero-order valence-corrected chi connectivity index (χ0v) is 7.52. The standard InChI is InChI=1S/C6H17NSi/c1-5-7-8(4)6(2)3/h6-8H,5H2,1-4H3. The van der Waals surface area contributed by atoms with Gasteiger partial charge in [-0.15, -0.1) is 0 Å². The van der Waals surface area contributed by atoms with E-state index in [0.717, 1.165) is 12.1 Å². The van der Waals surface area contributed by atoms with Crippen molar-refractivity contribution in [3.63, 3.8) is 0 Å². The Morgan fingerprint density at radius 1 is 1.50 bits per heavy atom. The molecule has 50 valence electrons. The second kappa shape index (κ2) is 4.10. The molecule has 0 saturated carbocycles. The predicted molar refractivity (Wildman–Crippen MR) is 41.8 cm³/mol. The van der Waals surface area contributed by atoms with Crippen molar-refractivity contribution in [3.05, 3.63) is 0 Å². The van der Waals surface area contributed by atoms with Crippen molar-refractivity contribution in [3.8, 4) is 0 Å². The van der Waals surface area contributed by atoms with Gasteiger partial charge in [0.25, 0.3) is 0 Å². The van der Waals surface area contributed by atoms with Crippen LogP contribution in [0.1, 0.15) is 20.8 Å². The topological polar surface area (TPSA) is 12.0 Å². The van der Waals surface area contributed by atoms with Gasteiger partial charge in [-0.3, -0.25) is 0 Å². The van der Waals surface area contributed by atoms with Gasteiger partial charge in [0.2, 0.25) is 0 Å². The van der Waals surface area contributed by atoms with Gasteiger partial charge in [-0.05, 0) is 12.1 Å². The van der Waals surface area contributed by atoms with E-state index in [9.17, 15) is 0 Å². The summed E-state index contributed by atoms with van der Waals surface area (Å²) in [6.45, 7) is 10.3. The van der Waals surface area contributed by atoms with Crippen LogP contribution in [-0.2, 0) is 0 Å². The van der Waals surface area contributed by atoms with Crippen molar-refractivity contribution in [2.75, 3.05) is 6.54 Å². The largest absolute Gasteiger partial charge is 0.340 e. The Labute approximate surface area is 54.2 Å². The van der Waals surface area contributed by atoms with E-state index >= 15 is 0 Å². The third kappa shape index (κ3) is 3.21. The quantitative estimate of drug-likeness (QED) is 0.570. The van der Waals surface area contributed by atoms with Crippen LogP contribution >= 0.6 is 0 Å². The molecule has 0 amide bonds. The number of hydrogen-bond donors (Lipinski definition) is 1. The molecule has 0 radical (unpaired) electrons. The van der Waals surface area contributed by atoms with Crippen molar-refractivity contribution in [2.24, 2.45) is 0 Å². The molecule has 0 rings (SSSR count). The van der Waals surface area contributed by atoms with Gasteiger partial charge in [0, 0.05) is 0 Å². The zero-order valence-electron chi connectivity index (χ0n) is 6.36. The van der Waals surface area contributed by atoms with Crippen LogP contribution in [0.25, 0.3) is 0 Å². The van der Waals surface area contributed by atoms with Crippen molar-refractivity contribution < 1.29 is 0 Å². The monoisotopic (exact) mass is 131 g/mol. The molecule has 1 unspecified atom stereocenters. The van der Waals surface area contributed by atoms with Gasteiger partial charge in [-0.25, -0.2) is 0 Å². The van der Waals surface area contributed by atoms with E-state index in [2.05, 4.69) is 32.3 Å². The highest BCUT2D eigenvalue weighted by Gasteiger charge is 2.04. The summed E-state index contributed by atoms with van der Waals surface area (Å²) in [4.78, 5) is 3.48. The van der Waals surface area contributed by atoms with Crippen LogP contribution in [0, 0.1) is 0 Å². The van der Waals surface area contributed by atoms with E-state index in [-0.39, 0.29) is 0 Å². The highest BCUT2D eigenvalue weighted by atomic mass is 28.3. The molecule has 0 aromatic rings. The predicted octanol–water partition coefficient (Wildman–Crippen LogP) is 1.36. The van der Waals surface area contributed by atoms with Gasteiger partial charge in [-0.2, -0.15) is 0 Å². The van der Waals surface area contributed by atoms with E-state index < -0.39 is 8.96 Å². The lowest BCUT2D eigenvalue weighted by molar-refractivity contribution is 0.917. The number of nitrogens with one attached hydrogen (secondary N) is 1. The SMILES string of the molecule is CCN[SiH](C)C(C)C. The minimum absolute atomic E-state index is 0.525. The molecular formula is C6H17NSi. The van der Waals surface area contributed by atoms with Gasteiger partial charge >= 0.3 is 0 Å². The summed E-state index contributed by atoms with van der Waals surface area (Å²) in [6.07, 6.45) is 0. The first-order valence-electron chi connectivity index (χ1n) is 3.41. The fraction of sp³-hybridized carbons (Fsp3) is 1.00. The average molecular weight is 131 g/mol. The van der Waals surface area contributed by atoms with Crippen LogP contribution in [0.15, 0.2) is 0 Å². The van der Waals surface area contributed by atoms with Crippen LogP contribution in [-0.4, -0.2) is 15.5 Å². The maximum atomic E-state index is 3.48. The van der Waals surface area contributed by atoms with E-state index in [1.54, 1.807) is 0 Å². The Morgan fingerprint density at radius 3 is 2.12 bits per heavy atom. The van der Waals surface area contributed by atoms with E-state index in [4.69, 9.17) is 0 Å². The maximum absolute atomic E-state index is 3.48. The fourth-order valence-corrected chi connectivity index (χ4v) is 1.67. The van der Waals surface area contributed by atoms with Crippen LogP contribution < -0.4 is 4.98 Å². The molecule has 0 aromatic heterocycles. The molecule has 0 aliphatic rings. The second-order valence-corrected chi connectivity index (χ2v) is 5.91. The lowest BCUT2D eigenvalue weighted by atomic mass is 10.6. The molecule has 1 N–H and O–H groups in total. The molecule has 1 atom stereocenters. The van der Waals surface area contributed by atoms with Crippen LogP contribution in [0.3, 0.4) is 0 Å². The minimum Gasteiger partial charge on any atom is -0.340 e. The maximum Gasteiger partial charge on any atom is 0.108 e. The second-order valence-electron chi connectivity index (χ2n) is 2.59. The van der Waals surface area contributed by atoms with Crippen LogP contribution in [0.4, 0.5) is 0 Å². The molecule has 0 aromatic carbocycles. The Balaban J connectivity index is 3.17. The first kappa shape index (κ1) is 8.18. The van der Waals surface area contributed by atoms with Gasteiger partial charge in [0.1, 0.15) is 8.96 Å². The fourth-order valence-electron chi connectivity index (χ4n) is 0.558. The molecule has 0 aliphatic carbocycles. The Morgan fingerprint density at radius 2 is 2.00 bits per heavy atom. The summed E-state index contributed by atoms with van der Waals surface area (Å²) in [6, 6.07) is 0. The summed E-state index contributed by atoms with van der Waals surface area (Å²) in [5.74, 6) is 0. The number of rotatable bonds is 3. The molecule has 2 heteroatoms. The van der Waals surface area contributed by atoms with Crippen LogP contribution in [0.2, 0.25) is 12.1 Å². The lowest BCUT2D eigenvalue weighted by Crippen LogP contribution is -2.32. The molecule has 0 spiro atoms. The van der Waals surface area contributed by atoms with Gasteiger partial charge < -0.3 is 4.98 Å². The molecule has 0 heterocycles. The normalized spacial score (nSPS) is 14.6. The Bertz CT molecular complexity index is 54.5. The number of hydrogen-bond acceptors (Lipinski definition) is 1. The van der Waals surface area contributed by atoms with Crippen LogP contribution in [0.5, 0.6) is 0 Å². The molecular weight excluding hydrogens is 114 g/mol. The summed E-state index contributed by atoms with van der Waals surface area (Å²) in [7, 11) is -0.525. The van der Waals surface area contributed by atoms with E-state index in [1.165, 1.54) is 0 Å². The van der Waals surface area contributed by atoms with Gasteiger partial charge in [0.05, 0.1) is 0 Å². The molecule has 0 fully saturated rings. The van der Waals surface area contributed by atoms with Crippen molar-refractivity contribution in [1.29, 1.82) is 0 Å². The van der Waals surface area contributed by atoms with Crippen molar-refractivity contribution >= 4 is 8.96 Å². The summed E-state index contributed by atoms with van der Waals surface area (Å²) >= 11 is 0. The highest BCUT2D eigenvalue weighted by molar-refractivity contribution is 6.55. The van der Waals surface area contributed by atoms with E-state index in [0.29, 0.717) is 0 Å². The molecule has 0 aliphatic heterocycles. The third-order valence-electron chi connectivity index (χ3n) is 1.53. The Kier molecular flexibility index (Phi) is 4.19. The minimum atomic E-state index is -0.525. The lowest BCUT2D eigenvalue weighted by Gasteiger charge is -2.12. The first-order valence-corrected chi connectivity index (χ1v) is 5.81. The van der Waals surface area contributed by atoms with Crippen molar-refractivity contribution in [1.82, 2.24) is 4.98 Å². The summed E-state index contributed by atoms with van der Waals surface area (Å²) < 4.78 is 0. The molecule has 0 saturated heterocycles. The summed E-state index contributed by atoms with van der Waals surface area (Å²) in [5.41, 5.74) is 0.898. The third-order valence-corrected chi connectivity index (χ3v) is 4.58. The van der Waals surface area contributed by atoms with Gasteiger partial charge in [-0.1, -0.05) is 27.3 Å². The Hall–Kier alpha value is 0.177. The molecule has 8 heavy (non-hydrogen) atoms. The molecule has 0 bridgehead atoms. The zero-order chi connectivity index (χ0) is 6.57. The van der Waals surface area contributed by atoms with E-state index in [1.807, 2.05) is 0 Å². The molecule has 1 nitrogen and oxygen atoms in total. The smallest absolute Gasteiger partial charge is 0.108 e.